The van der Waals surface area contributed by atoms with Crippen molar-refractivity contribution in [3.63, 3.8) is 0 Å². The van der Waals surface area contributed by atoms with Gasteiger partial charge in [-0.2, -0.15) is 0 Å². The zero-order chi connectivity index (χ0) is 18.9. The number of rotatable bonds is 10. The molecule has 0 aliphatic rings. The van der Waals surface area contributed by atoms with Gasteiger partial charge in [0.2, 0.25) is 0 Å². The van der Waals surface area contributed by atoms with E-state index in [9.17, 15) is 4.79 Å². The molecule has 6 heteroatoms. The predicted molar refractivity (Wildman–Crippen MR) is 105 cm³/mol. The van der Waals surface area contributed by atoms with Crippen LogP contribution in [0.25, 0.3) is 0 Å². The largest absolute Gasteiger partial charge is 0.490 e. The molecule has 0 atom stereocenters. The van der Waals surface area contributed by atoms with Crippen LogP contribution in [0.3, 0.4) is 0 Å². The van der Waals surface area contributed by atoms with Crippen molar-refractivity contribution in [2.75, 3.05) is 13.2 Å². The summed E-state index contributed by atoms with van der Waals surface area (Å²) in [6.45, 7) is 6.53. The number of hydrogen-bond donors (Lipinski definition) is 2. The smallest absolute Gasteiger partial charge is 0.335 e. The van der Waals surface area contributed by atoms with Crippen molar-refractivity contribution >= 4 is 21.9 Å². The molecule has 0 amide bonds. The van der Waals surface area contributed by atoms with E-state index in [0.717, 1.165) is 33.5 Å². The summed E-state index contributed by atoms with van der Waals surface area (Å²) < 4.78 is 12.4. The molecule has 0 unspecified atom stereocenters. The van der Waals surface area contributed by atoms with Crippen molar-refractivity contribution in [2.45, 2.75) is 33.4 Å². The third kappa shape index (κ3) is 5.75. The maximum Gasteiger partial charge on any atom is 0.335 e. The molecule has 0 saturated heterocycles. The summed E-state index contributed by atoms with van der Waals surface area (Å²) in [4.78, 5) is 10.9. The summed E-state index contributed by atoms with van der Waals surface area (Å²) in [5.41, 5.74) is 2.40. The van der Waals surface area contributed by atoms with Crippen LogP contribution in [0.4, 0.5) is 0 Å². The van der Waals surface area contributed by atoms with Crippen LogP contribution in [0.5, 0.6) is 11.5 Å². The van der Waals surface area contributed by atoms with Crippen LogP contribution in [0.15, 0.2) is 40.9 Å². The molecule has 2 aromatic carbocycles. The fourth-order valence-electron chi connectivity index (χ4n) is 2.45. The normalized spacial score (nSPS) is 10.6. The molecule has 0 saturated carbocycles. The number of nitrogens with one attached hydrogen (secondary N) is 1. The maximum atomic E-state index is 10.9. The van der Waals surface area contributed by atoms with E-state index in [4.69, 9.17) is 14.6 Å². The zero-order valence-electron chi connectivity index (χ0n) is 15.0. The van der Waals surface area contributed by atoms with Crippen LogP contribution in [0.2, 0.25) is 0 Å². The lowest BCUT2D eigenvalue weighted by Gasteiger charge is -2.15. The first-order chi connectivity index (χ1) is 12.5. The van der Waals surface area contributed by atoms with Crippen molar-refractivity contribution in [1.82, 2.24) is 5.32 Å². The minimum Gasteiger partial charge on any atom is -0.490 e. The van der Waals surface area contributed by atoms with Gasteiger partial charge in [-0.15, -0.1) is 0 Å². The van der Waals surface area contributed by atoms with Crippen LogP contribution < -0.4 is 14.8 Å². The summed E-state index contributed by atoms with van der Waals surface area (Å²) in [5, 5.41) is 12.3. The van der Waals surface area contributed by atoms with E-state index >= 15 is 0 Å². The van der Waals surface area contributed by atoms with Gasteiger partial charge < -0.3 is 19.9 Å². The number of carboxylic acids is 1. The monoisotopic (exact) mass is 421 g/mol. The third-order valence-corrected chi connectivity index (χ3v) is 4.27. The molecule has 0 radical (unpaired) electrons. The predicted octanol–water partition coefficient (Wildman–Crippen LogP) is 4.62. The van der Waals surface area contributed by atoms with Gasteiger partial charge in [-0.05, 0) is 64.7 Å². The highest BCUT2D eigenvalue weighted by atomic mass is 79.9. The Balaban J connectivity index is 2.01. The summed E-state index contributed by atoms with van der Waals surface area (Å²) in [7, 11) is 0. The first-order valence-corrected chi connectivity index (χ1v) is 9.45. The molecule has 0 aliphatic heterocycles. The highest BCUT2D eigenvalue weighted by Gasteiger charge is 2.12. The maximum absolute atomic E-state index is 10.9. The van der Waals surface area contributed by atoms with Crippen molar-refractivity contribution in [3.05, 3.63) is 57.6 Å². The first kappa shape index (κ1) is 20.3. The topological polar surface area (TPSA) is 67.8 Å². The van der Waals surface area contributed by atoms with Crippen LogP contribution in [0.1, 0.15) is 41.8 Å². The van der Waals surface area contributed by atoms with Gasteiger partial charge >= 0.3 is 5.97 Å². The van der Waals surface area contributed by atoms with E-state index in [2.05, 4.69) is 28.2 Å². The summed E-state index contributed by atoms with van der Waals surface area (Å²) in [6, 6.07) is 10.9. The molecule has 0 spiro atoms. The van der Waals surface area contributed by atoms with Crippen molar-refractivity contribution in [2.24, 2.45) is 0 Å². The molecule has 0 aliphatic carbocycles. The van der Waals surface area contributed by atoms with Gasteiger partial charge in [0.05, 0.1) is 23.2 Å². The van der Waals surface area contributed by atoms with E-state index in [0.29, 0.717) is 31.9 Å². The Morgan fingerprint density at radius 1 is 1.08 bits per heavy atom. The van der Waals surface area contributed by atoms with Gasteiger partial charge in [0, 0.05) is 13.1 Å². The number of carboxylic acid groups (broad SMARTS) is 1. The van der Waals surface area contributed by atoms with Gasteiger partial charge in [-0.3, -0.25) is 0 Å². The van der Waals surface area contributed by atoms with Gasteiger partial charge in [0.25, 0.3) is 0 Å². The van der Waals surface area contributed by atoms with Crippen LogP contribution in [-0.2, 0) is 13.1 Å². The van der Waals surface area contributed by atoms with E-state index in [1.165, 1.54) is 0 Å². The molecule has 0 heterocycles. The van der Waals surface area contributed by atoms with E-state index in [-0.39, 0.29) is 0 Å². The van der Waals surface area contributed by atoms with Crippen molar-refractivity contribution in [3.8, 4) is 11.5 Å². The molecular weight excluding hydrogens is 398 g/mol. The average Bonchev–Trinajstić information content (AvgIpc) is 2.62. The quantitative estimate of drug-likeness (QED) is 0.585. The second kappa shape index (κ2) is 10.2. The molecule has 26 heavy (non-hydrogen) atoms. The van der Waals surface area contributed by atoms with Crippen molar-refractivity contribution in [1.29, 1.82) is 0 Å². The molecule has 2 N–H and O–H groups in total. The third-order valence-electron chi connectivity index (χ3n) is 3.68. The number of hydrogen-bond acceptors (Lipinski definition) is 4. The number of aromatic carboxylic acids is 1. The molecular formula is C20H24BrNO4. The molecule has 0 fully saturated rings. The number of benzene rings is 2. The number of carbonyl (C=O) groups is 1. The Bertz CT molecular complexity index is 731. The van der Waals surface area contributed by atoms with Crippen LogP contribution >= 0.6 is 15.9 Å². The van der Waals surface area contributed by atoms with Crippen molar-refractivity contribution < 1.29 is 19.4 Å². The molecule has 2 aromatic rings. The molecule has 140 valence electrons. The minimum atomic E-state index is -0.914. The fourth-order valence-corrected chi connectivity index (χ4v) is 3.05. The second-order valence-corrected chi connectivity index (χ2v) is 6.65. The summed E-state index contributed by atoms with van der Waals surface area (Å²) in [5.74, 6) is 0.558. The zero-order valence-corrected chi connectivity index (χ0v) is 16.6. The Hall–Kier alpha value is -2.05. The lowest BCUT2D eigenvalue weighted by atomic mass is 10.1. The van der Waals surface area contributed by atoms with Gasteiger partial charge in [0.15, 0.2) is 11.5 Å². The average molecular weight is 422 g/mol. The van der Waals surface area contributed by atoms with Gasteiger partial charge in [0.1, 0.15) is 0 Å². The molecule has 0 aromatic heterocycles. The standard InChI is InChI=1S/C20H24BrNO4/c1-3-9-26-19-17(21)10-15(11-18(19)25-4-2)13-22-12-14-5-7-16(8-6-14)20(23)24/h5-8,10-11,22H,3-4,9,12-13H2,1-2H3,(H,23,24). The minimum absolute atomic E-state index is 0.293. The Morgan fingerprint density at radius 2 is 1.77 bits per heavy atom. The molecule has 5 nitrogen and oxygen atoms in total. The van der Waals surface area contributed by atoms with Gasteiger partial charge in [-0.1, -0.05) is 19.1 Å². The second-order valence-electron chi connectivity index (χ2n) is 5.79. The van der Waals surface area contributed by atoms with E-state index < -0.39 is 5.97 Å². The number of halogens is 1. The number of ether oxygens (including phenoxy) is 2. The SMILES string of the molecule is CCCOc1c(Br)cc(CNCc2ccc(C(=O)O)cc2)cc1OCC. The van der Waals surface area contributed by atoms with Crippen LogP contribution in [0, 0.1) is 0 Å². The lowest BCUT2D eigenvalue weighted by Crippen LogP contribution is -2.13. The van der Waals surface area contributed by atoms with E-state index in [1.807, 2.05) is 31.2 Å². The lowest BCUT2D eigenvalue weighted by molar-refractivity contribution is 0.0697. The van der Waals surface area contributed by atoms with Gasteiger partial charge in [-0.25, -0.2) is 4.79 Å². The van der Waals surface area contributed by atoms with Crippen LogP contribution in [-0.4, -0.2) is 24.3 Å². The fraction of sp³-hybridized carbons (Fsp3) is 0.350. The molecule has 0 bridgehead atoms. The Morgan fingerprint density at radius 3 is 2.38 bits per heavy atom. The van der Waals surface area contributed by atoms with E-state index in [1.54, 1.807) is 12.1 Å². The highest BCUT2D eigenvalue weighted by molar-refractivity contribution is 9.10. The summed E-state index contributed by atoms with van der Waals surface area (Å²) in [6.07, 6.45) is 0.933. The summed E-state index contributed by atoms with van der Waals surface area (Å²) >= 11 is 3.57. The first-order valence-electron chi connectivity index (χ1n) is 8.66. The highest BCUT2D eigenvalue weighted by Crippen LogP contribution is 2.37. The Kier molecular flexibility index (Phi) is 7.94. The molecule has 2 rings (SSSR count). The Labute approximate surface area is 162 Å².